The molecule has 52 heavy (non-hydrogen) atoms. The van der Waals surface area contributed by atoms with Crippen LogP contribution in [0.4, 0.5) is 0 Å². The molecule has 0 aliphatic carbocycles. The number of carbonyl (C=O) groups excluding carboxylic acids is 5. The summed E-state index contributed by atoms with van der Waals surface area (Å²) in [5.41, 5.74) is 2.60. The van der Waals surface area contributed by atoms with Crippen molar-refractivity contribution in [3.8, 4) is 0 Å². The number of likely N-dealkylation sites (N-methyl/N-ethyl adjacent to an activating group) is 2. The maximum absolute atomic E-state index is 13.9. The van der Waals surface area contributed by atoms with Crippen LogP contribution in [0.1, 0.15) is 60.0 Å². The van der Waals surface area contributed by atoms with Crippen molar-refractivity contribution in [1.29, 1.82) is 0 Å². The zero-order valence-corrected chi connectivity index (χ0v) is 31.0. The van der Waals surface area contributed by atoms with Gasteiger partial charge < -0.3 is 30.7 Å². The molecule has 15 heteroatoms. The molecule has 0 saturated heterocycles. The Morgan fingerprint density at radius 2 is 1.62 bits per heavy atom. The third-order valence-corrected chi connectivity index (χ3v) is 9.87. The van der Waals surface area contributed by atoms with Crippen LogP contribution in [-0.4, -0.2) is 112 Å². The molecule has 1 aliphatic heterocycles. The van der Waals surface area contributed by atoms with E-state index in [1.807, 2.05) is 61.2 Å². The Morgan fingerprint density at radius 3 is 2.37 bits per heavy atom. The Morgan fingerprint density at radius 1 is 0.865 bits per heavy atom. The summed E-state index contributed by atoms with van der Waals surface area (Å²) in [4.78, 5) is 84.6. The standard InChI is InChI=1S/C37H47N9O5S/c1-23(2)16-29-35-43-31(22-52-35)34(49)42-30(17-25-18-39-28-12-7-6-11-27(25)28)37(51)45(5)20-32(47)40-24(3)36(50)44(4)14-15-46(21-33(48)41-29)19-26-10-8-9-13-38-26/h6-13,18,22-24,29-30,39H,14-17,19-21H2,1-5H3,(H,40,47)(H,41,48)(H,42,49)/t24-,29-,30+/m0/s1. The predicted octanol–water partition coefficient (Wildman–Crippen LogP) is 2.50. The van der Waals surface area contributed by atoms with E-state index in [2.05, 4.69) is 30.9 Å². The average molecular weight is 730 g/mol. The van der Waals surface area contributed by atoms with Crippen LogP contribution in [-0.2, 0) is 32.1 Å². The summed E-state index contributed by atoms with van der Waals surface area (Å²) in [6.45, 7) is 6.40. The summed E-state index contributed by atoms with van der Waals surface area (Å²) >= 11 is 1.27. The second kappa shape index (κ2) is 17.4. The van der Waals surface area contributed by atoms with E-state index in [0.29, 0.717) is 24.5 Å². The number of hydrogen-bond donors (Lipinski definition) is 4. The highest BCUT2D eigenvalue weighted by Crippen LogP contribution is 2.25. The first-order chi connectivity index (χ1) is 24.9. The second-order valence-corrected chi connectivity index (χ2v) is 14.6. The highest BCUT2D eigenvalue weighted by atomic mass is 32.1. The van der Waals surface area contributed by atoms with Crippen LogP contribution in [0.2, 0.25) is 0 Å². The molecular formula is C37H47N9O5S. The molecule has 1 aliphatic rings. The van der Waals surface area contributed by atoms with Crippen molar-refractivity contribution in [2.75, 3.05) is 40.3 Å². The number of para-hydroxylation sites is 1. The average Bonchev–Trinajstić information content (AvgIpc) is 3.77. The molecule has 5 amide bonds. The summed E-state index contributed by atoms with van der Waals surface area (Å²) in [7, 11) is 3.13. The fraction of sp³-hybridized carbons (Fsp3) is 0.432. The van der Waals surface area contributed by atoms with Gasteiger partial charge in [0.2, 0.25) is 23.6 Å². The fourth-order valence-electron chi connectivity index (χ4n) is 6.22. The van der Waals surface area contributed by atoms with Crippen molar-refractivity contribution in [3.63, 3.8) is 0 Å². The number of thiazole rings is 1. The monoisotopic (exact) mass is 729 g/mol. The molecule has 1 aromatic carbocycles. The van der Waals surface area contributed by atoms with Crippen molar-refractivity contribution in [2.24, 2.45) is 5.92 Å². The summed E-state index contributed by atoms with van der Waals surface area (Å²) < 4.78 is 0. The number of pyridine rings is 1. The fourth-order valence-corrected chi connectivity index (χ4v) is 7.08. The van der Waals surface area contributed by atoms with Crippen molar-refractivity contribution >= 4 is 51.8 Å². The molecule has 2 bridgehead atoms. The third kappa shape index (κ3) is 10.0. The summed E-state index contributed by atoms with van der Waals surface area (Å²) in [6, 6.07) is 10.9. The van der Waals surface area contributed by atoms with Gasteiger partial charge >= 0.3 is 0 Å². The van der Waals surface area contributed by atoms with Crippen LogP contribution in [0, 0.1) is 5.92 Å². The Bertz CT molecular complexity index is 1880. The van der Waals surface area contributed by atoms with E-state index in [4.69, 9.17) is 0 Å². The number of rotatable bonds is 6. The van der Waals surface area contributed by atoms with Crippen LogP contribution in [0.25, 0.3) is 10.9 Å². The molecule has 0 saturated carbocycles. The normalized spacial score (nSPS) is 20.8. The maximum atomic E-state index is 13.9. The molecule has 0 fully saturated rings. The first kappa shape index (κ1) is 38.1. The lowest BCUT2D eigenvalue weighted by Crippen LogP contribution is -2.53. The summed E-state index contributed by atoms with van der Waals surface area (Å²) in [5, 5.41) is 11.8. The quantitative estimate of drug-likeness (QED) is 0.235. The van der Waals surface area contributed by atoms with E-state index in [1.54, 1.807) is 31.7 Å². The minimum Gasteiger partial charge on any atom is -0.361 e. The molecule has 14 nitrogen and oxygen atoms in total. The van der Waals surface area contributed by atoms with Gasteiger partial charge in [-0.25, -0.2) is 4.98 Å². The molecule has 4 N–H and O–H groups in total. The molecular weight excluding hydrogens is 683 g/mol. The molecule has 276 valence electrons. The number of H-pyrrole nitrogens is 1. The number of aromatic amines is 1. The van der Waals surface area contributed by atoms with E-state index in [9.17, 15) is 24.0 Å². The van der Waals surface area contributed by atoms with Crippen LogP contribution < -0.4 is 16.0 Å². The topological polar surface area (TPSA) is 173 Å². The molecule has 0 spiro atoms. The number of amides is 5. The number of hydrogen-bond acceptors (Lipinski definition) is 9. The van der Waals surface area contributed by atoms with Gasteiger partial charge in [0.05, 0.1) is 24.8 Å². The van der Waals surface area contributed by atoms with Crippen LogP contribution in [0.15, 0.2) is 60.2 Å². The summed E-state index contributed by atoms with van der Waals surface area (Å²) in [6.07, 6.45) is 4.23. The second-order valence-electron chi connectivity index (χ2n) is 13.7. The number of benzene rings is 1. The van der Waals surface area contributed by atoms with E-state index in [0.717, 1.165) is 22.2 Å². The van der Waals surface area contributed by atoms with Gasteiger partial charge in [-0.2, -0.15) is 0 Å². The minimum atomic E-state index is -1.04. The Balaban J connectivity index is 1.45. The lowest BCUT2D eigenvalue weighted by atomic mass is 10.0. The zero-order chi connectivity index (χ0) is 37.4. The van der Waals surface area contributed by atoms with Gasteiger partial charge in [-0.05, 0) is 43.0 Å². The first-order valence-electron chi connectivity index (χ1n) is 17.4. The first-order valence-corrected chi connectivity index (χ1v) is 18.3. The van der Waals surface area contributed by atoms with Gasteiger partial charge in [0.25, 0.3) is 5.91 Å². The van der Waals surface area contributed by atoms with Gasteiger partial charge in [-0.3, -0.25) is 33.9 Å². The van der Waals surface area contributed by atoms with Gasteiger partial charge in [-0.1, -0.05) is 38.1 Å². The number of aromatic nitrogens is 3. The summed E-state index contributed by atoms with van der Waals surface area (Å²) in [5.74, 6) is -1.92. The molecule has 0 radical (unpaired) electrons. The van der Waals surface area contributed by atoms with E-state index in [-0.39, 0.29) is 49.5 Å². The number of nitrogens with one attached hydrogen (secondary N) is 4. The van der Waals surface area contributed by atoms with Crippen molar-refractivity contribution in [2.45, 2.75) is 58.3 Å². The van der Waals surface area contributed by atoms with Gasteiger partial charge in [-0.15, -0.1) is 11.3 Å². The number of fused-ring (bicyclic) bond motifs is 3. The van der Waals surface area contributed by atoms with Crippen LogP contribution in [0.3, 0.4) is 0 Å². The van der Waals surface area contributed by atoms with Crippen molar-refractivity contribution < 1.29 is 24.0 Å². The largest absolute Gasteiger partial charge is 0.361 e. The number of carbonyl (C=O) groups is 5. The molecule has 4 heterocycles. The lowest BCUT2D eigenvalue weighted by molar-refractivity contribution is -0.138. The maximum Gasteiger partial charge on any atom is 0.271 e. The van der Waals surface area contributed by atoms with Gasteiger partial charge in [0.15, 0.2) is 0 Å². The number of nitrogens with zero attached hydrogens (tertiary/aromatic N) is 5. The van der Waals surface area contributed by atoms with Crippen LogP contribution in [0.5, 0.6) is 0 Å². The highest BCUT2D eigenvalue weighted by molar-refractivity contribution is 7.09. The van der Waals surface area contributed by atoms with E-state index >= 15 is 0 Å². The minimum absolute atomic E-state index is 0.0299. The molecule has 3 atom stereocenters. The lowest BCUT2D eigenvalue weighted by Gasteiger charge is -2.28. The predicted molar refractivity (Wildman–Crippen MR) is 198 cm³/mol. The highest BCUT2D eigenvalue weighted by Gasteiger charge is 2.30. The van der Waals surface area contributed by atoms with Crippen molar-refractivity contribution in [3.05, 3.63) is 82.2 Å². The van der Waals surface area contributed by atoms with E-state index < -0.39 is 35.8 Å². The molecule has 4 aromatic rings. The molecule has 3 aromatic heterocycles. The smallest absolute Gasteiger partial charge is 0.271 e. The third-order valence-electron chi connectivity index (χ3n) is 8.91. The van der Waals surface area contributed by atoms with Crippen LogP contribution >= 0.6 is 11.3 Å². The Hall–Kier alpha value is -5.15. The Kier molecular flexibility index (Phi) is 12.7. The molecule has 5 rings (SSSR count). The SMILES string of the molecule is CC(C)C[C@@H]1NC(=O)CN(Cc2ccccn2)CCN(C)C(=O)[C@H](C)NC(=O)CN(C)C(=O)[C@@H](Cc2c[nH]c3ccccc23)NC(=O)c2csc1n2. The van der Waals surface area contributed by atoms with Gasteiger partial charge in [0, 0.05) is 68.8 Å². The zero-order valence-electron chi connectivity index (χ0n) is 30.2. The van der Waals surface area contributed by atoms with Gasteiger partial charge in [0.1, 0.15) is 22.8 Å². The van der Waals surface area contributed by atoms with Crippen molar-refractivity contribution in [1.82, 2.24) is 45.6 Å². The van der Waals surface area contributed by atoms with E-state index in [1.165, 1.54) is 28.2 Å². The molecule has 0 unspecified atom stereocenters. The Labute approximate surface area is 307 Å².